The van der Waals surface area contributed by atoms with Crippen molar-refractivity contribution < 1.29 is 14.3 Å². The standard InChI is InChI=1S/C13H15N3O3/c1-7-8(2)19-12(16-7)6-15-11-5-9(14)3-4-10(11)13(17)18/h3-5,15H,6,14H2,1-2H3,(H,17,18). The lowest BCUT2D eigenvalue weighted by atomic mass is 10.1. The summed E-state index contributed by atoms with van der Waals surface area (Å²) in [6.45, 7) is 3.99. The number of nitrogens with one attached hydrogen (secondary N) is 1. The molecule has 0 bridgehead atoms. The van der Waals surface area contributed by atoms with Gasteiger partial charge in [0.25, 0.3) is 0 Å². The Balaban J connectivity index is 2.19. The van der Waals surface area contributed by atoms with Crippen LogP contribution >= 0.6 is 0 Å². The fourth-order valence-electron chi connectivity index (χ4n) is 1.68. The number of hydrogen-bond acceptors (Lipinski definition) is 5. The van der Waals surface area contributed by atoms with Crippen LogP contribution < -0.4 is 11.1 Å². The Morgan fingerprint density at radius 1 is 1.47 bits per heavy atom. The summed E-state index contributed by atoms with van der Waals surface area (Å²) in [6.07, 6.45) is 0. The fraction of sp³-hybridized carbons (Fsp3) is 0.231. The van der Waals surface area contributed by atoms with Gasteiger partial charge >= 0.3 is 5.97 Å². The number of rotatable bonds is 4. The molecule has 2 rings (SSSR count). The number of aryl methyl sites for hydroxylation is 2. The molecule has 0 amide bonds. The first-order chi connectivity index (χ1) is 8.97. The SMILES string of the molecule is Cc1nc(CNc2cc(N)ccc2C(=O)O)oc1C. The largest absolute Gasteiger partial charge is 0.478 e. The number of nitrogen functional groups attached to an aromatic ring is 1. The lowest BCUT2D eigenvalue weighted by Crippen LogP contribution is -2.07. The molecule has 0 aliphatic heterocycles. The van der Waals surface area contributed by atoms with E-state index in [9.17, 15) is 4.79 Å². The molecule has 100 valence electrons. The summed E-state index contributed by atoms with van der Waals surface area (Å²) >= 11 is 0. The molecule has 4 N–H and O–H groups in total. The Morgan fingerprint density at radius 2 is 2.21 bits per heavy atom. The molecule has 0 saturated heterocycles. The predicted molar refractivity (Wildman–Crippen MR) is 71.1 cm³/mol. The van der Waals surface area contributed by atoms with E-state index in [4.69, 9.17) is 15.3 Å². The summed E-state index contributed by atoms with van der Waals surface area (Å²) in [4.78, 5) is 15.3. The second kappa shape index (κ2) is 5.01. The van der Waals surface area contributed by atoms with Crippen molar-refractivity contribution in [2.75, 3.05) is 11.1 Å². The zero-order valence-electron chi connectivity index (χ0n) is 10.7. The van der Waals surface area contributed by atoms with Gasteiger partial charge in [0.1, 0.15) is 5.76 Å². The summed E-state index contributed by atoms with van der Waals surface area (Å²) in [6, 6.07) is 4.59. The van der Waals surface area contributed by atoms with E-state index in [1.54, 1.807) is 12.1 Å². The van der Waals surface area contributed by atoms with Gasteiger partial charge in [-0.05, 0) is 32.0 Å². The highest BCUT2D eigenvalue weighted by Gasteiger charge is 2.11. The van der Waals surface area contributed by atoms with Gasteiger partial charge in [-0.15, -0.1) is 0 Å². The number of oxazole rings is 1. The quantitative estimate of drug-likeness (QED) is 0.729. The lowest BCUT2D eigenvalue weighted by molar-refractivity contribution is 0.0698. The van der Waals surface area contributed by atoms with E-state index in [2.05, 4.69) is 10.3 Å². The maximum atomic E-state index is 11.1. The van der Waals surface area contributed by atoms with E-state index in [1.165, 1.54) is 6.07 Å². The first-order valence-electron chi connectivity index (χ1n) is 5.77. The van der Waals surface area contributed by atoms with Crippen LogP contribution in [0.15, 0.2) is 22.6 Å². The molecular weight excluding hydrogens is 246 g/mol. The Morgan fingerprint density at radius 3 is 2.79 bits per heavy atom. The van der Waals surface area contributed by atoms with Crippen molar-refractivity contribution in [1.82, 2.24) is 4.98 Å². The van der Waals surface area contributed by atoms with E-state index < -0.39 is 5.97 Å². The van der Waals surface area contributed by atoms with Gasteiger partial charge in [-0.1, -0.05) is 0 Å². The predicted octanol–water partition coefficient (Wildman–Crippen LogP) is 2.18. The monoisotopic (exact) mass is 261 g/mol. The molecule has 1 heterocycles. The second-order valence-electron chi connectivity index (χ2n) is 4.21. The van der Waals surface area contributed by atoms with Crippen molar-refractivity contribution in [2.24, 2.45) is 0 Å². The first kappa shape index (κ1) is 12.9. The van der Waals surface area contributed by atoms with Crippen LogP contribution in [0.25, 0.3) is 0 Å². The maximum absolute atomic E-state index is 11.1. The number of hydrogen-bond donors (Lipinski definition) is 3. The molecule has 0 fully saturated rings. The van der Waals surface area contributed by atoms with Gasteiger partial charge in [-0.3, -0.25) is 0 Å². The summed E-state index contributed by atoms with van der Waals surface area (Å²) in [5.41, 5.74) is 7.57. The lowest BCUT2D eigenvalue weighted by Gasteiger charge is -2.08. The summed E-state index contributed by atoms with van der Waals surface area (Å²) in [5.74, 6) is 0.249. The van der Waals surface area contributed by atoms with E-state index in [-0.39, 0.29) is 5.56 Å². The molecule has 0 saturated carbocycles. The number of anilines is 2. The van der Waals surface area contributed by atoms with Crippen molar-refractivity contribution in [3.05, 3.63) is 41.1 Å². The number of nitrogens with zero attached hydrogens (tertiary/aromatic N) is 1. The first-order valence-corrected chi connectivity index (χ1v) is 5.77. The van der Waals surface area contributed by atoms with Crippen molar-refractivity contribution in [3.8, 4) is 0 Å². The highest BCUT2D eigenvalue weighted by molar-refractivity contribution is 5.95. The van der Waals surface area contributed by atoms with Crippen LogP contribution in [0.2, 0.25) is 0 Å². The van der Waals surface area contributed by atoms with E-state index in [0.717, 1.165) is 11.5 Å². The van der Waals surface area contributed by atoms with Crippen LogP contribution in [0.4, 0.5) is 11.4 Å². The van der Waals surface area contributed by atoms with E-state index >= 15 is 0 Å². The molecule has 1 aromatic heterocycles. The normalized spacial score (nSPS) is 10.4. The van der Waals surface area contributed by atoms with E-state index in [0.29, 0.717) is 23.8 Å². The van der Waals surface area contributed by atoms with Crippen LogP contribution in [0.1, 0.15) is 27.7 Å². The van der Waals surface area contributed by atoms with Crippen LogP contribution in [0, 0.1) is 13.8 Å². The minimum absolute atomic E-state index is 0.161. The molecule has 6 heteroatoms. The van der Waals surface area contributed by atoms with Crippen molar-refractivity contribution in [3.63, 3.8) is 0 Å². The molecule has 0 spiro atoms. The number of carboxylic acids is 1. The third kappa shape index (κ3) is 2.85. The van der Waals surface area contributed by atoms with Gasteiger partial charge in [0.2, 0.25) is 5.89 Å². The molecule has 0 aliphatic carbocycles. The fourth-order valence-corrected chi connectivity index (χ4v) is 1.68. The summed E-state index contributed by atoms with van der Waals surface area (Å²) < 4.78 is 5.41. The molecule has 0 atom stereocenters. The third-order valence-corrected chi connectivity index (χ3v) is 2.78. The molecule has 6 nitrogen and oxygen atoms in total. The van der Waals surface area contributed by atoms with Crippen LogP contribution in [-0.2, 0) is 6.54 Å². The number of carboxylic acid groups (broad SMARTS) is 1. The Labute approximate surface area is 110 Å². The van der Waals surface area contributed by atoms with Gasteiger partial charge in [-0.2, -0.15) is 0 Å². The average molecular weight is 261 g/mol. The van der Waals surface area contributed by atoms with Gasteiger partial charge in [-0.25, -0.2) is 9.78 Å². The number of carbonyl (C=O) groups is 1. The Kier molecular flexibility index (Phi) is 3.41. The van der Waals surface area contributed by atoms with Gasteiger partial charge in [0.05, 0.1) is 23.5 Å². The van der Waals surface area contributed by atoms with Crippen LogP contribution in [-0.4, -0.2) is 16.1 Å². The molecule has 19 heavy (non-hydrogen) atoms. The van der Waals surface area contributed by atoms with Crippen LogP contribution in [0.3, 0.4) is 0 Å². The van der Waals surface area contributed by atoms with Gasteiger partial charge in [0.15, 0.2) is 0 Å². The summed E-state index contributed by atoms with van der Waals surface area (Å²) in [7, 11) is 0. The van der Waals surface area contributed by atoms with Crippen molar-refractivity contribution in [2.45, 2.75) is 20.4 Å². The minimum atomic E-state index is -1.01. The van der Waals surface area contributed by atoms with Gasteiger partial charge in [0, 0.05) is 5.69 Å². The second-order valence-corrected chi connectivity index (χ2v) is 4.21. The highest BCUT2D eigenvalue weighted by Crippen LogP contribution is 2.20. The summed E-state index contributed by atoms with van der Waals surface area (Å²) in [5, 5.41) is 12.1. The smallest absolute Gasteiger partial charge is 0.337 e. The minimum Gasteiger partial charge on any atom is -0.478 e. The molecule has 0 radical (unpaired) electrons. The number of benzene rings is 1. The van der Waals surface area contributed by atoms with Gasteiger partial charge < -0.3 is 20.6 Å². The molecule has 1 aromatic carbocycles. The zero-order valence-corrected chi connectivity index (χ0v) is 10.7. The molecule has 0 unspecified atom stereocenters. The van der Waals surface area contributed by atoms with E-state index in [1.807, 2.05) is 13.8 Å². The van der Waals surface area contributed by atoms with Crippen molar-refractivity contribution in [1.29, 1.82) is 0 Å². The Hall–Kier alpha value is -2.50. The average Bonchev–Trinajstić information content (AvgIpc) is 2.66. The maximum Gasteiger partial charge on any atom is 0.337 e. The van der Waals surface area contributed by atoms with Crippen LogP contribution in [0.5, 0.6) is 0 Å². The zero-order chi connectivity index (χ0) is 14.0. The molecular formula is C13H15N3O3. The third-order valence-electron chi connectivity index (χ3n) is 2.78. The van der Waals surface area contributed by atoms with Crippen molar-refractivity contribution >= 4 is 17.3 Å². The Bertz CT molecular complexity index is 600. The highest BCUT2D eigenvalue weighted by atomic mass is 16.4. The molecule has 2 aromatic rings. The topological polar surface area (TPSA) is 101 Å². The number of aromatic nitrogens is 1. The molecule has 0 aliphatic rings. The number of aromatic carboxylic acids is 1. The number of nitrogens with two attached hydrogens (primary N) is 1.